The van der Waals surface area contributed by atoms with E-state index >= 15 is 0 Å². The number of hydrogen-bond acceptors (Lipinski definition) is 3. The molecule has 0 atom stereocenters. The van der Waals surface area contributed by atoms with Gasteiger partial charge >= 0.3 is 6.18 Å². The predicted octanol–water partition coefficient (Wildman–Crippen LogP) is 2.97. The van der Waals surface area contributed by atoms with Crippen LogP contribution in [-0.2, 0) is 6.54 Å². The van der Waals surface area contributed by atoms with E-state index in [0.29, 0.717) is 12.2 Å². The van der Waals surface area contributed by atoms with Gasteiger partial charge in [0.2, 0.25) is 0 Å². The summed E-state index contributed by atoms with van der Waals surface area (Å²) < 4.78 is 37.0. The van der Waals surface area contributed by atoms with Gasteiger partial charge in [0.15, 0.2) is 0 Å². The van der Waals surface area contributed by atoms with E-state index in [1.807, 2.05) is 20.8 Å². The van der Waals surface area contributed by atoms with Gasteiger partial charge < -0.3 is 10.2 Å². The van der Waals surface area contributed by atoms with Crippen LogP contribution in [-0.4, -0.2) is 30.3 Å². The van der Waals surface area contributed by atoms with E-state index in [4.69, 9.17) is 0 Å². The average molecular weight is 275 g/mol. The van der Waals surface area contributed by atoms with Crippen LogP contribution in [0.4, 0.5) is 18.9 Å². The van der Waals surface area contributed by atoms with Gasteiger partial charge in [0.1, 0.15) is 6.54 Å². The van der Waals surface area contributed by atoms with Crippen molar-refractivity contribution in [3.05, 3.63) is 24.0 Å². The molecular formula is C13H20F3N3. The van der Waals surface area contributed by atoms with Gasteiger partial charge in [-0.1, -0.05) is 0 Å². The molecule has 0 fully saturated rings. The fraction of sp³-hybridized carbons (Fsp3) is 0.615. The molecule has 0 aliphatic carbocycles. The lowest BCUT2D eigenvalue weighted by Gasteiger charge is -2.23. The van der Waals surface area contributed by atoms with Crippen LogP contribution in [0.5, 0.6) is 0 Å². The third kappa shape index (κ3) is 6.42. The summed E-state index contributed by atoms with van der Waals surface area (Å²) >= 11 is 0. The lowest BCUT2D eigenvalue weighted by Crippen LogP contribution is -2.35. The lowest BCUT2D eigenvalue weighted by molar-refractivity contribution is -0.119. The number of alkyl halides is 3. The number of nitrogens with one attached hydrogen (secondary N) is 1. The number of rotatable bonds is 4. The number of anilines is 1. The zero-order valence-corrected chi connectivity index (χ0v) is 11.7. The van der Waals surface area contributed by atoms with Gasteiger partial charge in [0.05, 0.1) is 5.69 Å². The maximum absolute atomic E-state index is 12.3. The Morgan fingerprint density at radius 3 is 2.42 bits per heavy atom. The monoisotopic (exact) mass is 275 g/mol. The van der Waals surface area contributed by atoms with Crippen molar-refractivity contribution in [2.75, 3.05) is 18.5 Å². The molecule has 0 spiro atoms. The fourth-order valence-electron chi connectivity index (χ4n) is 1.52. The van der Waals surface area contributed by atoms with Crippen LogP contribution in [0.3, 0.4) is 0 Å². The maximum Gasteiger partial charge on any atom is 0.405 e. The summed E-state index contributed by atoms with van der Waals surface area (Å²) in [6.45, 7) is 5.62. The number of halogens is 3. The molecule has 0 aliphatic rings. The van der Waals surface area contributed by atoms with E-state index in [0.717, 1.165) is 5.69 Å². The van der Waals surface area contributed by atoms with Crippen LogP contribution in [0, 0.1) is 0 Å². The van der Waals surface area contributed by atoms with E-state index < -0.39 is 12.7 Å². The zero-order chi connectivity index (χ0) is 14.7. The van der Waals surface area contributed by atoms with Gasteiger partial charge in [-0.15, -0.1) is 0 Å². The highest BCUT2D eigenvalue weighted by Gasteiger charge is 2.29. The Morgan fingerprint density at radius 1 is 1.26 bits per heavy atom. The molecule has 108 valence electrons. The van der Waals surface area contributed by atoms with Crippen molar-refractivity contribution >= 4 is 5.69 Å². The van der Waals surface area contributed by atoms with Crippen molar-refractivity contribution in [1.29, 1.82) is 0 Å². The molecule has 1 aromatic heterocycles. The first-order valence-electron chi connectivity index (χ1n) is 6.05. The van der Waals surface area contributed by atoms with Crippen LogP contribution in [0.2, 0.25) is 0 Å². The second-order valence-corrected chi connectivity index (χ2v) is 5.58. The van der Waals surface area contributed by atoms with Gasteiger partial charge in [0, 0.05) is 31.0 Å². The highest BCUT2D eigenvalue weighted by Crippen LogP contribution is 2.21. The molecule has 0 bridgehead atoms. The summed E-state index contributed by atoms with van der Waals surface area (Å²) in [5.41, 5.74) is 1.18. The SMILES string of the molecule is CN(CC(F)(F)F)c1ccnc(CNC(C)(C)C)c1. The molecule has 0 unspecified atom stereocenters. The van der Waals surface area contributed by atoms with E-state index in [1.165, 1.54) is 18.1 Å². The molecule has 1 rings (SSSR count). The number of aromatic nitrogens is 1. The van der Waals surface area contributed by atoms with E-state index in [2.05, 4.69) is 10.3 Å². The van der Waals surface area contributed by atoms with E-state index in [1.54, 1.807) is 12.1 Å². The predicted molar refractivity (Wildman–Crippen MR) is 70.2 cm³/mol. The molecule has 1 N–H and O–H groups in total. The molecule has 0 aliphatic heterocycles. The zero-order valence-electron chi connectivity index (χ0n) is 11.7. The minimum Gasteiger partial charge on any atom is -0.366 e. The first kappa shape index (κ1) is 15.8. The topological polar surface area (TPSA) is 28.2 Å². The van der Waals surface area contributed by atoms with Crippen molar-refractivity contribution in [1.82, 2.24) is 10.3 Å². The standard InChI is InChI=1S/C13H20F3N3/c1-12(2,3)18-8-10-7-11(5-6-17-10)19(4)9-13(14,15)16/h5-7,18H,8-9H2,1-4H3. The van der Waals surface area contributed by atoms with Gasteiger partial charge in [-0.05, 0) is 32.9 Å². The Labute approximate surface area is 111 Å². The van der Waals surface area contributed by atoms with Crippen molar-refractivity contribution < 1.29 is 13.2 Å². The van der Waals surface area contributed by atoms with Crippen molar-refractivity contribution in [2.24, 2.45) is 0 Å². The normalized spacial score (nSPS) is 12.6. The molecular weight excluding hydrogens is 255 g/mol. The fourth-order valence-corrected chi connectivity index (χ4v) is 1.52. The van der Waals surface area contributed by atoms with Gasteiger partial charge in [-0.25, -0.2) is 0 Å². The van der Waals surface area contributed by atoms with E-state index in [9.17, 15) is 13.2 Å². The summed E-state index contributed by atoms with van der Waals surface area (Å²) in [5, 5.41) is 3.25. The smallest absolute Gasteiger partial charge is 0.366 e. The number of nitrogens with zero attached hydrogens (tertiary/aromatic N) is 2. The Balaban J connectivity index is 2.71. The maximum atomic E-state index is 12.3. The second-order valence-electron chi connectivity index (χ2n) is 5.58. The summed E-state index contributed by atoms with van der Waals surface area (Å²) in [7, 11) is 1.42. The van der Waals surface area contributed by atoms with Crippen LogP contribution in [0.25, 0.3) is 0 Å². The van der Waals surface area contributed by atoms with Crippen LogP contribution in [0.15, 0.2) is 18.3 Å². The van der Waals surface area contributed by atoms with E-state index in [-0.39, 0.29) is 5.54 Å². The largest absolute Gasteiger partial charge is 0.405 e. The van der Waals surface area contributed by atoms with Crippen LogP contribution in [0.1, 0.15) is 26.5 Å². The quantitative estimate of drug-likeness (QED) is 0.915. The summed E-state index contributed by atoms with van der Waals surface area (Å²) in [6.07, 6.45) is -2.68. The first-order chi connectivity index (χ1) is 8.57. The number of hydrogen-bond donors (Lipinski definition) is 1. The molecule has 1 aromatic rings. The molecule has 0 radical (unpaired) electrons. The average Bonchev–Trinajstić information content (AvgIpc) is 2.23. The molecule has 0 amide bonds. The molecule has 19 heavy (non-hydrogen) atoms. The Morgan fingerprint density at radius 2 is 1.89 bits per heavy atom. The van der Waals surface area contributed by atoms with Crippen LogP contribution >= 0.6 is 0 Å². The third-order valence-electron chi connectivity index (χ3n) is 2.46. The minimum atomic E-state index is -4.21. The Bertz CT molecular complexity index is 410. The highest BCUT2D eigenvalue weighted by molar-refractivity contribution is 5.45. The van der Waals surface area contributed by atoms with Crippen molar-refractivity contribution in [2.45, 2.75) is 39.0 Å². The summed E-state index contributed by atoms with van der Waals surface area (Å²) in [4.78, 5) is 5.32. The summed E-state index contributed by atoms with van der Waals surface area (Å²) in [6, 6.07) is 3.25. The summed E-state index contributed by atoms with van der Waals surface area (Å²) in [5.74, 6) is 0. The minimum absolute atomic E-state index is 0.0600. The van der Waals surface area contributed by atoms with Crippen LogP contribution < -0.4 is 10.2 Å². The second kappa shape index (κ2) is 5.77. The molecule has 6 heteroatoms. The number of pyridine rings is 1. The molecule has 1 heterocycles. The molecule has 3 nitrogen and oxygen atoms in total. The molecule has 0 saturated heterocycles. The highest BCUT2D eigenvalue weighted by atomic mass is 19.4. The molecule has 0 saturated carbocycles. The third-order valence-corrected chi connectivity index (χ3v) is 2.46. The Hall–Kier alpha value is -1.30. The van der Waals surface area contributed by atoms with Crippen molar-refractivity contribution in [3.8, 4) is 0 Å². The first-order valence-corrected chi connectivity index (χ1v) is 6.05. The van der Waals surface area contributed by atoms with Crippen molar-refractivity contribution in [3.63, 3.8) is 0 Å². The lowest BCUT2D eigenvalue weighted by atomic mass is 10.1. The Kier molecular flexibility index (Phi) is 4.79. The van der Waals surface area contributed by atoms with Gasteiger partial charge in [-0.2, -0.15) is 13.2 Å². The van der Waals surface area contributed by atoms with Gasteiger partial charge in [-0.3, -0.25) is 4.98 Å². The van der Waals surface area contributed by atoms with Gasteiger partial charge in [0.25, 0.3) is 0 Å². The molecule has 0 aromatic carbocycles.